The summed E-state index contributed by atoms with van der Waals surface area (Å²) in [7, 11) is 0. The Morgan fingerprint density at radius 1 is 1.27 bits per heavy atom. The number of amides is 1. The molecule has 1 fully saturated rings. The first-order valence-electron chi connectivity index (χ1n) is 7.86. The van der Waals surface area contributed by atoms with Crippen LogP contribution in [0.15, 0.2) is 35.6 Å². The molecule has 0 saturated heterocycles. The van der Waals surface area contributed by atoms with Gasteiger partial charge in [-0.05, 0) is 24.8 Å². The highest BCUT2D eigenvalue weighted by atomic mass is 32.2. The van der Waals surface area contributed by atoms with Crippen molar-refractivity contribution in [2.45, 2.75) is 43.7 Å². The van der Waals surface area contributed by atoms with Gasteiger partial charge in [0.15, 0.2) is 0 Å². The van der Waals surface area contributed by atoms with Gasteiger partial charge in [0.1, 0.15) is 11.4 Å². The lowest BCUT2D eigenvalue weighted by atomic mass is 9.86. The number of nitrogens with zero attached hydrogens (tertiary/aromatic N) is 2. The Morgan fingerprint density at radius 3 is 2.95 bits per heavy atom. The number of nitrogens with one attached hydrogen (secondary N) is 1. The second kappa shape index (κ2) is 7.09. The third kappa shape index (κ3) is 3.58. The Labute approximate surface area is 135 Å². The third-order valence-corrected chi connectivity index (χ3v) is 5.31. The van der Waals surface area contributed by atoms with Gasteiger partial charge in [0.25, 0.3) is 0 Å². The number of fused-ring (bicyclic) bond motifs is 1. The number of rotatable bonds is 4. The van der Waals surface area contributed by atoms with Gasteiger partial charge >= 0.3 is 0 Å². The van der Waals surface area contributed by atoms with Crippen LogP contribution in [-0.2, 0) is 4.79 Å². The molecular weight excluding hydrogens is 294 g/mol. The molecule has 5 heteroatoms. The van der Waals surface area contributed by atoms with Gasteiger partial charge in [-0.2, -0.15) is 0 Å². The number of hydrogen-bond donors (Lipinski definition) is 1. The normalized spacial score (nSPS) is 21.7. The molecule has 1 N–H and O–H groups in total. The van der Waals surface area contributed by atoms with Crippen LogP contribution in [0.4, 0.5) is 0 Å². The van der Waals surface area contributed by atoms with Gasteiger partial charge in [-0.25, -0.2) is 9.97 Å². The Hall–Kier alpha value is -1.62. The summed E-state index contributed by atoms with van der Waals surface area (Å²) in [6.45, 7) is 2.23. The summed E-state index contributed by atoms with van der Waals surface area (Å²) in [5.74, 6) is 1.10. The van der Waals surface area contributed by atoms with E-state index < -0.39 is 0 Å². The highest BCUT2D eigenvalue weighted by Gasteiger charge is 2.22. The molecule has 2 unspecified atom stereocenters. The van der Waals surface area contributed by atoms with E-state index >= 15 is 0 Å². The fraction of sp³-hybridized carbons (Fsp3) is 0.471. The predicted octanol–water partition coefficient (Wildman–Crippen LogP) is 3.42. The van der Waals surface area contributed by atoms with E-state index in [1.54, 1.807) is 6.33 Å². The van der Waals surface area contributed by atoms with Crippen LogP contribution in [0.2, 0.25) is 0 Å². The van der Waals surface area contributed by atoms with E-state index in [9.17, 15) is 4.79 Å². The molecule has 116 valence electrons. The number of benzene rings is 1. The van der Waals surface area contributed by atoms with Crippen LogP contribution in [-0.4, -0.2) is 27.7 Å². The molecular formula is C17H21N3OS. The molecule has 0 spiro atoms. The summed E-state index contributed by atoms with van der Waals surface area (Å²) in [5, 5.41) is 5.06. The van der Waals surface area contributed by atoms with Crippen molar-refractivity contribution in [1.29, 1.82) is 0 Å². The van der Waals surface area contributed by atoms with Crippen LogP contribution in [0.3, 0.4) is 0 Å². The van der Waals surface area contributed by atoms with E-state index in [1.165, 1.54) is 31.0 Å². The Balaban J connectivity index is 1.60. The van der Waals surface area contributed by atoms with Crippen molar-refractivity contribution in [2.24, 2.45) is 5.92 Å². The average molecular weight is 315 g/mol. The number of carbonyl (C=O) groups excluding carboxylic acids is 1. The first-order valence-corrected chi connectivity index (χ1v) is 8.84. The van der Waals surface area contributed by atoms with Crippen molar-refractivity contribution >= 4 is 28.6 Å². The van der Waals surface area contributed by atoms with E-state index in [4.69, 9.17) is 0 Å². The monoisotopic (exact) mass is 315 g/mol. The van der Waals surface area contributed by atoms with E-state index in [1.807, 2.05) is 24.3 Å². The molecule has 1 aromatic heterocycles. The number of aromatic nitrogens is 2. The number of para-hydroxylation sites is 1. The SMILES string of the molecule is CC1CCCCC1NC(=O)CSc1ncnc2ccccc12. The average Bonchev–Trinajstić information content (AvgIpc) is 2.55. The molecule has 1 amide bonds. The van der Waals surface area contributed by atoms with E-state index in [0.29, 0.717) is 17.7 Å². The Kier molecular flexibility index (Phi) is 4.93. The molecule has 2 aromatic rings. The van der Waals surface area contributed by atoms with Gasteiger partial charge in [0, 0.05) is 11.4 Å². The summed E-state index contributed by atoms with van der Waals surface area (Å²) in [6.07, 6.45) is 6.39. The van der Waals surface area contributed by atoms with Crippen molar-refractivity contribution in [3.63, 3.8) is 0 Å². The lowest BCUT2D eigenvalue weighted by molar-refractivity contribution is -0.119. The zero-order chi connectivity index (χ0) is 15.4. The molecule has 2 atom stereocenters. The van der Waals surface area contributed by atoms with Gasteiger partial charge in [-0.1, -0.05) is 49.7 Å². The van der Waals surface area contributed by atoms with Crippen molar-refractivity contribution < 1.29 is 4.79 Å². The second-order valence-electron chi connectivity index (χ2n) is 5.92. The number of hydrogen-bond acceptors (Lipinski definition) is 4. The van der Waals surface area contributed by atoms with Crippen LogP contribution in [0.1, 0.15) is 32.6 Å². The van der Waals surface area contributed by atoms with Crippen molar-refractivity contribution in [3.8, 4) is 0 Å². The highest BCUT2D eigenvalue weighted by Crippen LogP contribution is 2.25. The lowest BCUT2D eigenvalue weighted by Gasteiger charge is -2.29. The van der Waals surface area contributed by atoms with Crippen LogP contribution < -0.4 is 5.32 Å². The molecule has 1 aliphatic rings. The topological polar surface area (TPSA) is 54.9 Å². The van der Waals surface area contributed by atoms with Gasteiger partial charge in [-0.3, -0.25) is 4.79 Å². The summed E-state index contributed by atoms with van der Waals surface area (Å²) in [6, 6.07) is 8.23. The van der Waals surface area contributed by atoms with Gasteiger partial charge in [0.05, 0.1) is 11.3 Å². The second-order valence-corrected chi connectivity index (χ2v) is 6.88. The van der Waals surface area contributed by atoms with Gasteiger partial charge in [-0.15, -0.1) is 0 Å². The Bertz CT molecular complexity index is 656. The van der Waals surface area contributed by atoms with Crippen molar-refractivity contribution in [1.82, 2.24) is 15.3 Å². The Morgan fingerprint density at radius 2 is 2.09 bits per heavy atom. The highest BCUT2D eigenvalue weighted by molar-refractivity contribution is 8.00. The first kappa shape index (κ1) is 15.3. The molecule has 1 heterocycles. The maximum absolute atomic E-state index is 12.2. The molecule has 0 aliphatic heterocycles. The number of thioether (sulfide) groups is 1. The zero-order valence-electron chi connectivity index (χ0n) is 12.8. The van der Waals surface area contributed by atoms with E-state index in [0.717, 1.165) is 22.3 Å². The van der Waals surface area contributed by atoms with E-state index in [-0.39, 0.29) is 5.91 Å². The molecule has 1 aliphatic carbocycles. The summed E-state index contributed by atoms with van der Waals surface area (Å²) >= 11 is 1.48. The quantitative estimate of drug-likeness (QED) is 0.694. The molecule has 4 nitrogen and oxygen atoms in total. The van der Waals surface area contributed by atoms with Crippen LogP contribution in [0.25, 0.3) is 10.9 Å². The van der Waals surface area contributed by atoms with Gasteiger partial charge in [0.2, 0.25) is 5.91 Å². The van der Waals surface area contributed by atoms with Crippen LogP contribution >= 0.6 is 11.8 Å². The molecule has 0 bridgehead atoms. The molecule has 22 heavy (non-hydrogen) atoms. The minimum atomic E-state index is 0.103. The smallest absolute Gasteiger partial charge is 0.230 e. The fourth-order valence-electron chi connectivity index (χ4n) is 3.01. The maximum atomic E-state index is 12.2. The van der Waals surface area contributed by atoms with Crippen LogP contribution in [0, 0.1) is 5.92 Å². The molecule has 0 radical (unpaired) electrons. The number of carbonyl (C=O) groups is 1. The van der Waals surface area contributed by atoms with Crippen molar-refractivity contribution in [3.05, 3.63) is 30.6 Å². The minimum absolute atomic E-state index is 0.103. The zero-order valence-corrected chi connectivity index (χ0v) is 13.6. The predicted molar refractivity (Wildman–Crippen MR) is 89.8 cm³/mol. The maximum Gasteiger partial charge on any atom is 0.230 e. The molecule has 1 saturated carbocycles. The standard InChI is InChI=1S/C17H21N3OS/c1-12-6-2-4-8-14(12)20-16(21)10-22-17-13-7-3-5-9-15(13)18-11-19-17/h3,5,7,9,11-12,14H,2,4,6,8,10H2,1H3,(H,20,21). The molecule has 3 rings (SSSR count). The summed E-state index contributed by atoms with van der Waals surface area (Å²) in [5.41, 5.74) is 0.918. The van der Waals surface area contributed by atoms with E-state index in [2.05, 4.69) is 22.2 Å². The fourth-order valence-corrected chi connectivity index (χ4v) is 3.81. The minimum Gasteiger partial charge on any atom is -0.352 e. The van der Waals surface area contributed by atoms with Gasteiger partial charge < -0.3 is 5.32 Å². The summed E-state index contributed by atoms with van der Waals surface area (Å²) < 4.78 is 0. The largest absolute Gasteiger partial charge is 0.352 e. The third-order valence-electron chi connectivity index (χ3n) is 4.30. The lowest BCUT2D eigenvalue weighted by Crippen LogP contribution is -2.41. The summed E-state index contributed by atoms with van der Waals surface area (Å²) in [4.78, 5) is 20.8. The first-order chi connectivity index (χ1) is 10.7. The molecule has 1 aromatic carbocycles. The van der Waals surface area contributed by atoms with Crippen molar-refractivity contribution in [2.75, 3.05) is 5.75 Å². The van der Waals surface area contributed by atoms with Crippen LogP contribution in [0.5, 0.6) is 0 Å².